The molecule has 3 aromatic heterocycles. The minimum atomic E-state index is 0.220. The third-order valence-electron chi connectivity index (χ3n) is 6.33. The molecule has 2 atom stereocenters. The van der Waals surface area contributed by atoms with Crippen LogP contribution in [0.2, 0.25) is 5.02 Å². The van der Waals surface area contributed by atoms with Crippen LogP contribution in [0.25, 0.3) is 21.9 Å². The molecule has 4 aromatic rings. The number of halogens is 1. The van der Waals surface area contributed by atoms with Gasteiger partial charge in [-0.05, 0) is 38.0 Å². The molecule has 160 valence electrons. The molecule has 0 radical (unpaired) electrons. The number of hydrogen-bond donors (Lipinski definition) is 0. The summed E-state index contributed by atoms with van der Waals surface area (Å²) in [6.07, 6.45) is 6.82. The van der Waals surface area contributed by atoms with Crippen molar-refractivity contribution in [3.63, 3.8) is 0 Å². The number of rotatable bonds is 3. The van der Waals surface area contributed by atoms with E-state index < -0.39 is 0 Å². The predicted octanol–water partition coefficient (Wildman–Crippen LogP) is 4.30. The average Bonchev–Trinajstić information content (AvgIpc) is 3.34. The largest absolute Gasteiger partial charge is 0.378 e. The number of hydrogen-bond acceptors (Lipinski definition) is 5. The summed E-state index contributed by atoms with van der Waals surface area (Å²) in [7, 11) is 0. The van der Waals surface area contributed by atoms with Crippen LogP contribution < -0.4 is 0 Å². The maximum absolute atomic E-state index is 6.37. The monoisotopic (exact) mass is 437 g/mol. The van der Waals surface area contributed by atoms with Gasteiger partial charge in [0.2, 0.25) is 0 Å². The third-order valence-corrected chi connectivity index (χ3v) is 6.56. The fourth-order valence-corrected chi connectivity index (χ4v) is 5.09. The first kappa shape index (κ1) is 19.2. The third kappa shape index (κ3) is 3.41. The van der Waals surface area contributed by atoms with Crippen molar-refractivity contribution in [2.45, 2.75) is 51.5 Å². The van der Waals surface area contributed by atoms with Crippen molar-refractivity contribution in [2.75, 3.05) is 13.2 Å². The number of imidazole rings is 2. The van der Waals surface area contributed by atoms with E-state index in [1.165, 1.54) is 0 Å². The Kier molecular flexibility index (Phi) is 4.70. The zero-order valence-electron chi connectivity index (χ0n) is 17.4. The second-order valence-electron chi connectivity index (χ2n) is 8.48. The van der Waals surface area contributed by atoms with Gasteiger partial charge in [0.25, 0.3) is 0 Å². The van der Waals surface area contributed by atoms with E-state index in [-0.39, 0.29) is 6.10 Å². The molecule has 31 heavy (non-hydrogen) atoms. The van der Waals surface area contributed by atoms with E-state index in [4.69, 9.17) is 31.0 Å². The van der Waals surface area contributed by atoms with Crippen LogP contribution in [0.1, 0.15) is 43.1 Å². The average molecular weight is 438 g/mol. The van der Waals surface area contributed by atoms with E-state index in [2.05, 4.69) is 27.2 Å². The van der Waals surface area contributed by atoms with Gasteiger partial charge in [-0.3, -0.25) is 4.98 Å². The number of benzene rings is 1. The quantitative estimate of drug-likeness (QED) is 0.478. The lowest BCUT2D eigenvalue weighted by atomic mass is 10.0. The molecule has 2 aliphatic rings. The minimum Gasteiger partial charge on any atom is -0.378 e. The topological polar surface area (TPSA) is 67.0 Å². The second-order valence-corrected chi connectivity index (χ2v) is 8.92. The van der Waals surface area contributed by atoms with Crippen molar-refractivity contribution in [3.05, 3.63) is 53.0 Å². The van der Waals surface area contributed by atoms with Crippen LogP contribution in [0.5, 0.6) is 0 Å². The Morgan fingerprint density at radius 1 is 1.19 bits per heavy atom. The summed E-state index contributed by atoms with van der Waals surface area (Å²) in [5.74, 6) is 2.00. The van der Waals surface area contributed by atoms with E-state index in [0.29, 0.717) is 24.1 Å². The fourth-order valence-electron chi connectivity index (χ4n) is 4.92. The second kappa shape index (κ2) is 7.58. The van der Waals surface area contributed by atoms with Crippen LogP contribution in [-0.4, -0.2) is 43.4 Å². The van der Waals surface area contributed by atoms with Gasteiger partial charge in [0, 0.05) is 42.2 Å². The standard InChI is InChI=1S/C23H24ClN5O2/c1-14-8-17(4-6-31-14)29-21(10-16-12-28-5-7-30-13-22(28)26-16)27-20-11-25-19-3-2-15(24)9-18(19)23(20)29/h2-3,9,11-12,14,17H,4-8,10,13H2,1H3/t14-,17?/m1/s1. The maximum Gasteiger partial charge on any atom is 0.135 e. The first-order valence-electron chi connectivity index (χ1n) is 10.8. The van der Waals surface area contributed by atoms with Crippen molar-refractivity contribution in [2.24, 2.45) is 0 Å². The Morgan fingerprint density at radius 2 is 2.13 bits per heavy atom. The number of ether oxygens (including phenoxy) is 2. The SMILES string of the molecule is C[C@@H]1CC(n2c(Cc3cn4c(n3)COCC4)nc3cnc4ccc(Cl)cc4c32)CCO1. The van der Waals surface area contributed by atoms with Crippen LogP contribution in [0.4, 0.5) is 0 Å². The molecule has 1 aromatic carbocycles. The van der Waals surface area contributed by atoms with Gasteiger partial charge in [0.1, 0.15) is 23.8 Å². The van der Waals surface area contributed by atoms with Crippen LogP contribution >= 0.6 is 11.6 Å². The smallest absolute Gasteiger partial charge is 0.135 e. The molecule has 1 unspecified atom stereocenters. The molecule has 8 heteroatoms. The van der Waals surface area contributed by atoms with E-state index in [1.807, 2.05) is 24.4 Å². The normalized spacial score (nSPS) is 21.6. The van der Waals surface area contributed by atoms with Gasteiger partial charge in [0.15, 0.2) is 0 Å². The Balaban J connectivity index is 1.52. The molecule has 0 spiro atoms. The predicted molar refractivity (Wildman–Crippen MR) is 118 cm³/mol. The summed E-state index contributed by atoms with van der Waals surface area (Å²) in [6, 6.07) is 6.18. The number of fused-ring (bicyclic) bond motifs is 4. The highest BCUT2D eigenvalue weighted by molar-refractivity contribution is 6.31. The molecule has 7 nitrogen and oxygen atoms in total. The molecular formula is C23H24ClN5O2. The Hall–Kier alpha value is -2.48. The van der Waals surface area contributed by atoms with Crippen molar-refractivity contribution in [3.8, 4) is 0 Å². The summed E-state index contributed by atoms with van der Waals surface area (Å²) < 4.78 is 16.0. The molecule has 6 rings (SSSR count). The summed E-state index contributed by atoms with van der Waals surface area (Å²) in [4.78, 5) is 14.5. The van der Waals surface area contributed by atoms with Crippen molar-refractivity contribution < 1.29 is 9.47 Å². The summed E-state index contributed by atoms with van der Waals surface area (Å²) >= 11 is 6.37. The Bertz CT molecular complexity index is 1260. The maximum atomic E-state index is 6.37. The van der Waals surface area contributed by atoms with Gasteiger partial charge in [-0.1, -0.05) is 11.6 Å². The van der Waals surface area contributed by atoms with Crippen LogP contribution in [0, 0.1) is 0 Å². The lowest BCUT2D eigenvalue weighted by molar-refractivity contribution is 0.00631. The van der Waals surface area contributed by atoms with Gasteiger partial charge in [0.05, 0.1) is 35.6 Å². The number of aromatic nitrogens is 5. The van der Waals surface area contributed by atoms with Gasteiger partial charge in [-0.25, -0.2) is 9.97 Å². The van der Waals surface area contributed by atoms with E-state index >= 15 is 0 Å². The lowest BCUT2D eigenvalue weighted by Crippen LogP contribution is -2.26. The molecular weight excluding hydrogens is 414 g/mol. The molecule has 0 bridgehead atoms. The molecule has 5 heterocycles. The van der Waals surface area contributed by atoms with Gasteiger partial charge >= 0.3 is 0 Å². The van der Waals surface area contributed by atoms with Crippen LogP contribution in [0.3, 0.4) is 0 Å². The van der Waals surface area contributed by atoms with E-state index in [1.54, 1.807) is 0 Å². The summed E-state index contributed by atoms with van der Waals surface area (Å²) in [5.41, 5.74) is 3.96. The Labute approximate surface area is 185 Å². The first-order chi connectivity index (χ1) is 15.2. The summed E-state index contributed by atoms with van der Waals surface area (Å²) in [6.45, 7) is 5.06. The molecule has 2 aliphatic heterocycles. The Morgan fingerprint density at radius 3 is 3.00 bits per heavy atom. The van der Waals surface area contributed by atoms with Gasteiger partial charge in [-0.15, -0.1) is 0 Å². The first-order valence-corrected chi connectivity index (χ1v) is 11.2. The van der Waals surface area contributed by atoms with Crippen LogP contribution in [0.15, 0.2) is 30.6 Å². The van der Waals surface area contributed by atoms with Crippen molar-refractivity contribution in [1.29, 1.82) is 0 Å². The van der Waals surface area contributed by atoms with E-state index in [0.717, 1.165) is 71.9 Å². The molecule has 1 saturated heterocycles. The van der Waals surface area contributed by atoms with Gasteiger partial charge < -0.3 is 18.6 Å². The van der Waals surface area contributed by atoms with Crippen molar-refractivity contribution >= 4 is 33.5 Å². The number of pyridine rings is 1. The molecule has 0 amide bonds. The van der Waals surface area contributed by atoms with Crippen LogP contribution in [-0.2, 0) is 29.0 Å². The highest BCUT2D eigenvalue weighted by atomic mass is 35.5. The fraction of sp³-hybridized carbons (Fsp3) is 0.435. The molecule has 1 fully saturated rings. The number of nitrogens with zero attached hydrogens (tertiary/aromatic N) is 5. The summed E-state index contributed by atoms with van der Waals surface area (Å²) in [5, 5.41) is 1.75. The minimum absolute atomic E-state index is 0.220. The lowest BCUT2D eigenvalue weighted by Gasteiger charge is -2.30. The molecule has 0 aliphatic carbocycles. The molecule has 0 saturated carbocycles. The highest BCUT2D eigenvalue weighted by Gasteiger charge is 2.27. The highest BCUT2D eigenvalue weighted by Crippen LogP contribution is 2.35. The van der Waals surface area contributed by atoms with Crippen molar-refractivity contribution in [1.82, 2.24) is 24.1 Å². The molecule has 0 N–H and O–H groups in total. The zero-order valence-corrected chi connectivity index (χ0v) is 18.2. The zero-order chi connectivity index (χ0) is 20.9. The van der Waals surface area contributed by atoms with E-state index in [9.17, 15) is 0 Å². The van der Waals surface area contributed by atoms with Gasteiger partial charge in [-0.2, -0.15) is 0 Å².